The lowest BCUT2D eigenvalue weighted by Crippen LogP contribution is -2.20. The molecular weight excluding hydrogens is 222 g/mol. The first-order valence-corrected chi connectivity index (χ1v) is 6.15. The molecule has 0 fully saturated rings. The van der Waals surface area contributed by atoms with Gasteiger partial charge in [-0.2, -0.15) is 0 Å². The molecule has 1 heterocycles. The average Bonchev–Trinajstić information content (AvgIpc) is 2.40. The van der Waals surface area contributed by atoms with E-state index in [0.29, 0.717) is 0 Å². The fourth-order valence-electron chi connectivity index (χ4n) is 2.12. The summed E-state index contributed by atoms with van der Waals surface area (Å²) in [6, 6.07) is 12.4. The van der Waals surface area contributed by atoms with Crippen LogP contribution in [0.3, 0.4) is 0 Å². The van der Waals surface area contributed by atoms with Gasteiger partial charge in [0.15, 0.2) is 0 Å². The first-order chi connectivity index (χ1) is 8.62. The summed E-state index contributed by atoms with van der Waals surface area (Å²) < 4.78 is 5.17. The zero-order valence-electron chi connectivity index (χ0n) is 11.2. The van der Waals surface area contributed by atoms with Crippen molar-refractivity contribution in [1.29, 1.82) is 0 Å². The Morgan fingerprint density at radius 2 is 1.83 bits per heavy atom. The van der Waals surface area contributed by atoms with Crippen LogP contribution in [0.25, 0.3) is 0 Å². The Hall–Kier alpha value is -1.83. The number of nitrogens with zero attached hydrogens (tertiary/aromatic N) is 1. The molecule has 0 aliphatic carbocycles. The molecule has 0 bridgehead atoms. The lowest BCUT2D eigenvalue weighted by molar-refractivity contribution is 0.414. The smallest absolute Gasteiger partial charge is 0.118 e. The molecule has 0 spiro atoms. The monoisotopic (exact) mass is 241 g/mol. The van der Waals surface area contributed by atoms with E-state index in [4.69, 9.17) is 4.74 Å². The molecule has 0 N–H and O–H groups in total. The number of benzene rings is 1. The van der Waals surface area contributed by atoms with E-state index in [-0.39, 0.29) is 5.41 Å². The first-order valence-electron chi connectivity index (χ1n) is 6.15. The summed E-state index contributed by atoms with van der Waals surface area (Å²) in [6.45, 7) is 4.49. The normalized spacial score (nSPS) is 11.3. The van der Waals surface area contributed by atoms with Gasteiger partial charge >= 0.3 is 0 Å². The molecule has 2 aromatic rings. The summed E-state index contributed by atoms with van der Waals surface area (Å²) in [5.74, 6) is 0.901. The third-order valence-corrected chi connectivity index (χ3v) is 3.25. The van der Waals surface area contributed by atoms with E-state index in [9.17, 15) is 0 Å². The van der Waals surface area contributed by atoms with Crippen LogP contribution in [0.5, 0.6) is 5.75 Å². The van der Waals surface area contributed by atoms with Crippen molar-refractivity contribution in [2.75, 3.05) is 7.11 Å². The number of ether oxygens (including phenoxy) is 1. The molecule has 94 valence electrons. The Bertz CT molecular complexity index is 488. The third-order valence-electron chi connectivity index (χ3n) is 3.25. The van der Waals surface area contributed by atoms with E-state index in [1.807, 2.05) is 30.6 Å². The molecule has 0 radical (unpaired) electrons. The number of pyridine rings is 1. The van der Waals surface area contributed by atoms with Crippen molar-refractivity contribution in [3.8, 4) is 5.75 Å². The number of methoxy groups -OCH3 is 1. The number of aromatic nitrogens is 1. The lowest BCUT2D eigenvalue weighted by Gasteiger charge is -2.25. The van der Waals surface area contributed by atoms with E-state index in [0.717, 1.165) is 12.2 Å². The standard InChI is InChI=1S/C16H19NO/c1-16(2,14-5-4-10-17-12-14)11-13-6-8-15(18-3)9-7-13/h4-10,12H,11H2,1-3H3. The zero-order chi connectivity index (χ0) is 13.0. The molecule has 1 aromatic carbocycles. The predicted octanol–water partition coefficient (Wildman–Crippen LogP) is 3.61. The molecule has 0 aliphatic heterocycles. The third kappa shape index (κ3) is 2.89. The maximum atomic E-state index is 5.17. The first kappa shape index (κ1) is 12.6. The molecule has 0 saturated carbocycles. The molecule has 2 rings (SSSR count). The van der Waals surface area contributed by atoms with E-state index in [2.05, 4.69) is 37.0 Å². The van der Waals surface area contributed by atoms with Crippen LogP contribution in [0, 0.1) is 0 Å². The van der Waals surface area contributed by atoms with Crippen LogP contribution < -0.4 is 4.74 Å². The average molecular weight is 241 g/mol. The van der Waals surface area contributed by atoms with Crippen molar-refractivity contribution in [3.63, 3.8) is 0 Å². The summed E-state index contributed by atoms with van der Waals surface area (Å²) in [7, 11) is 1.69. The van der Waals surface area contributed by atoms with Crippen molar-refractivity contribution >= 4 is 0 Å². The van der Waals surface area contributed by atoms with Gasteiger partial charge in [0.1, 0.15) is 5.75 Å². The quantitative estimate of drug-likeness (QED) is 0.815. The van der Waals surface area contributed by atoms with Crippen LogP contribution in [-0.4, -0.2) is 12.1 Å². The summed E-state index contributed by atoms with van der Waals surface area (Å²) in [4.78, 5) is 4.20. The Morgan fingerprint density at radius 1 is 1.11 bits per heavy atom. The van der Waals surface area contributed by atoms with Crippen molar-refractivity contribution in [1.82, 2.24) is 4.98 Å². The van der Waals surface area contributed by atoms with Gasteiger partial charge in [-0.25, -0.2) is 0 Å². The Labute approximate surface area is 109 Å². The van der Waals surface area contributed by atoms with Crippen LogP contribution in [0.2, 0.25) is 0 Å². The maximum Gasteiger partial charge on any atom is 0.118 e. The van der Waals surface area contributed by atoms with Crippen molar-refractivity contribution in [2.24, 2.45) is 0 Å². The molecular formula is C16H19NO. The van der Waals surface area contributed by atoms with Gasteiger partial charge in [0.2, 0.25) is 0 Å². The van der Waals surface area contributed by atoms with Gasteiger partial charge in [-0.15, -0.1) is 0 Å². The van der Waals surface area contributed by atoms with E-state index < -0.39 is 0 Å². The van der Waals surface area contributed by atoms with Gasteiger partial charge < -0.3 is 4.74 Å². The van der Waals surface area contributed by atoms with Gasteiger partial charge in [0.25, 0.3) is 0 Å². The van der Waals surface area contributed by atoms with Crippen molar-refractivity contribution < 1.29 is 4.74 Å². The van der Waals surface area contributed by atoms with Crippen molar-refractivity contribution in [3.05, 3.63) is 59.9 Å². The second-order valence-electron chi connectivity index (χ2n) is 5.15. The van der Waals surface area contributed by atoms with E-state index in [1.54, 1.807) is 7.11 Å². The van der Waals surface area contributed by atoms with Gasteiger partial charge in [-0.05, 0) is 41.2 Å². The molecule has 2 heteroatoms. The second kappa shape index (κ2) is 5.21. The van der Waals surface area contributed by atoms with E-state index in [1.165, 1.54) is 11.1 Å². The maximum absolute atomic E-state index is 5.17. The highest BCUT2D eigenvalue weighted by Gasteiger charge is 2.21. The van der Waals surface area contributed by atoms with Gasteiger partial charge in [-0.1, -0.05) is 32.0 Å². The topological polar surface area (TPSA) is 22.1 Å². The molecule has 1 aromatic heterocycles. The molecule has 0 amide bonds. The van der Waals surface area contributed by atoms with Crippen molar-refractivity contribution in [2.45, 2.75) is 25.7 Å². The second-order valence-corrected chi connectivity index (χ2v) is 5.15. The minimum absolute atomic E-state index is 0.0862. The van der Waals surface area contributed by atoms with Gasteiger partial charge in [0, 0.05) is 12.4 Å². The largest absolute Gasteiger partial charge is 0.497 e. The SMILES string of the molecule is COc1ccc(CC(C)(C)c2cccnc2)cc1. The molecule has 18 heavy (non-hydrogen) atoms. The Morgan fingerprint density at radius 3 is 2.39 bits per heavy atom. The number of rotatable bonds is 4. The van der Waals surface area contributed by atoms with Crippen LogP contribution in [-0.2, 0) is 11.8 Å². The molecule has 0 unspecified atom stereocenters. The minimum Gasteiger partial charge on any atom is -0.497 e. The fourth-order valence-corrected chi connectivity index (χ4v) is 2.12. The summed E-state index contributed by atoms with van der Waals surface area (Å²) in [5.41, 5.74) is 2.66. The van der Waals surface area contributed by atoms with Crippen LogP contribution in [0.4, 0.5) is 0 Å². The molecule has 0 aliphatic rings. The van der Waals surface area contributed by atoms with Crippen LogP contribution >= 0.6 is 0 Å². The highest BCUT2D eigenvalue weighted by Crippen LogP contribution is 2.27. The van der Waals surface area contributed by atoms with Crippen LogP contribution in [0.15, 0.2) is 48.8 Å². The molecule has 2 nitrogen and oxygen atoms in total. The summed E-state index contributed by atoms with van der Waals surface area (Å²) >= 11 is 0. The Balaban J connectivity index is 2.16. The number of hydrogen-bond acceptors (Lipinski definition) is 2. The summed E-state index contributed by atoms with van der Waals surface area (Å²) in [6.07, 6.45) is 4.75. The molecule has 0 atom stereocenters. The highest BCUT2D eigenvalue weighted by atomic mass is 16.5. The zero-order valence-corrected chi connectivity index (χ0v) is 11.2. The summed E-state index contributed by atoms with van der Waals surface area (Å²) in [5, 5.41) is 0. The van der Waals surface area contributed by atoms with Gasteiger partial charge in [-0.3, -0.25) is 4.98 Å². The van der Waals surface area contributed by atoms with Gasteiger partial charge in [0.05, 0.1) is 7.11 Å². The minimum atomic E-state index is 0.0862. The number of hydrogen-bond donors (Lipinski definition) is 0. The lowest BCUT2D eigenvalue weighted by atomic mass is 9.80. The predicted molar refractivity (Wildman–Crippen MR) is 74.0 cm³/mol. The fraction of sp³-hybridized carbons (Fsp3) is 0.312. The van der Waals surface area contributed by atoms with Crippen LogP contribution in [0.1, 0.15) is 25.0 Å². The van der Waals surface area contributed by atoms with E-state index >= 15 is 0 Å². The Kier molecular flexibility index (Phi) is 3.66. The molecule has 0 saturated heterocycles. The highest BCUT2D eigenvalue weighted by molar-refractivity contribution is 5.30.